The smallest absolute Gasteiger partial charge is 0.264 e. The molecule has 0 saturated carbocycles. The molecule has 5 nitrogen and oxygen atoms in total. The van der Waals surface area contributed by atoms with E-state index in [1.165, 1.54) is 36.1 Å². The average Bonchev–Trinajstić information content (AvgIpc) is 2.86. The third kappa shape index (κ3) is 5.73. The summed E-state index contributed by atoms with van der Waals surface area (Å²) in [7, 11) is -4.09. The number of carbonyl (C=O) groups excluding carboxylic acids is 1. The van der Waals surface area contributed by atoms with Crippen molar-refractivity contribution < 1.29 is 17.6 Å². The van der Waals surface area contributed by atoms with Crippen LogP contribution in [0.2, 0.25) is 0 Å². The van der Waals surface area contributed by atoms with Gasteiger partial charge in [-0.05, 0) is 92.1 Å². The van der Waals surface area contributed by atoms with E-state index in [9.17, 15) is 17.6 Å². The van der Waals surface area contributed by atoms with Crippen LogP contribution in [0, 0.1) is 12.7 Å². The summed E-state index contributed by atoms with van der Waals surface area (Å²) in [4.78, 5) is 13.1. The maximum atomic E-state index is 13.5. The molecule has 0 bridgehead atoms. The zero-order valence-electron chi connectivity index (χ0n) is 20.1. The number of anilines is 1. The largest absolute Gasteiger partial charge is 0.348 e. The van der Waals surface area contributed by atoms with Crippen molar-refractivity contribution in [3.05, 3.63) is 94.8 Å². The Bertz CT molecular complexity index is 1290. The maximum Gasteiger partial charge on any atom is 0.264 e. The van der Waals surface area contributed by atoms with Crippen molar-refractivity contribution >= 4 is 21.6 Å². The Morgan fingerprint density at radius 1 is 0.971 bits per heavy atom. The molecule has 3 aromatic rings. The second-order valence-corrected chi connectivity index (χ2v) is 10.9. The second-order valence-electron chi connectivity index (χ2n) is 9.06. The number of hydrogen-bond acceptors (Lipinski definition) is 3. The van der Waals surface area contributed by atoms with Gasteiger partial charge in [0.2, 0.25) is 5.91 Å². The van der Waals surface area contributed by atoms with Crippen LogP contribution in [0.3, 0.4) is 0 Å². The number of nitrogens with zero attached hydrogens (tertiary/aromatic N) is 1. The Hall–Kier alpha value is -3.19. The van der Waals surface area contributed by atoms with Crippen molar-refractivity contribution in [3.8, 4) is 0 Å². The molecule has 1 amide bonds. The summed E-state index contributed by atoms with van der Waals surface area (Å²) >= 11 is 0. The van der Waals surface area contributed by atoms with E-state index in [4.69, 9.17) is 0 Å². The van der Waals surface area contributed by atoms with Crippen LogP contribution in [-0.2, 0) is 27.7 Å². The van der Waals surface area contributed by atoms with E-state index in [0.29, 0.717) is 12.1 Å². The number of amides is 1. The molecule has 1 atom stereocenters. The molecule has 3 aromatic carbocycles. The van der Waals surface area contributed by atoms with Gasteiger partial charge in [0.05, 0.1) is 16.6 Å². The summed E-state index contributed by atoms with van der Waals surface area (Å²) in [6.07, 6.45) is 5.19. The third-order valence-electron chi connectivity index (χ3n) is 6.53. The van der Waals surface area contributed by atoms with E-state index in [1.807, 2.05) is 13.8 Å². The summed E-state index contributed by atoms with van der Waals surface area (Å²) in [5.74, 6) is -0.930. The van der Waals surface area contributed by atoms with Gasteiger partial charge >= 0.3 is 0 Å². The van der Waals surface area contributed by atoms with E-state index in [2.05, 4.69) is 23.5 Å². The molecule has 0 spiro atoms. The molecule has 1 unspecified atom stereocenters. The number of carbonyl (C=O) groups is 1. The van der Waals surface area contributed by atoms with Gasteiger partial charge in [0.25, 0.3) is 10.0 Å². The molecule has 7 heteroatoms. The monoisotopic (exact) mass is 494 g/mol. The molecule has 1 aliphatic carbocycles. The standard InChI is InChI=1S/C28H31FN2O3S/c1-3-27(23-11-10-21-6-4-5-7-22(21)18-23)30-28(32)19-31(25-14-8-20(2)9-15-25)35(33,34)26-16-12-24(29)13-17-26/h8-18,27H,3-7,19H2,1-2H3,(H,30,32). The lowest BCUT2D eigenvalue weighted by atomic mass is 9.89. The highest BCUT2D eigenvalue weighted by Gasteiger charge is 2.28. The number of benzene rings is 3. The normalized spacial score (nSPS) is 14.1. The van der Waals surface area contributed by atoms with Crippen LogP contribution in [0.5, 0.6) is 0 Å². The van der Waals surface area contributed by atoms with Gasteiger partial charge < -0.3 is 5.32 Å². The van der Waals surface area contributed by atoms with Crippen molar-refractivity contribution in [2.75, 3.05) is 10.8 Å². The van der Waals surface area contributed by atoms with E-state index in [0.717, 1.165) is 40.4 Å². The van der Waals surface area contributed by atoms with Crippen molar-refractivity contribution in [1.82, 2.24) is 5.32 Å². The molecule has 184 valence electrons. The molecule has 0 heterocycles. The number of sulfonamides is 1. The molecule has 0 aliphatic heterocycles. The van der Waals surface area contributed by atoms with Crippen LogP contribution in [0.25, 0.3) is 0 Å². The molecule has 1 aliphatic rings. The number of nitrogens with one attached hydrogen (secondary N) is 1. The predicted molar refractivity (Wildman–Crippen MR) is 136 cm³/mol. The molecule has 0 radical (unpaired) electrons. The Morgan fingerprint density at radius 2 is 1.63 bits per heavy atom. The van der Waals surface area contributed by atoms with E-state index < -0.39 is 21.7 Å². The Morgan fingerprint density at radius 3 is 2.29 bits per heavy atom. The first-order valence-corrected chi connectivity index (χ1v) is 13.5. The lowest BCUT2D eigenvalue weighted by Crippen LogP contribution is -2.42. The van der Waals surface area contributed by atoms with Crippen LogP contribution >= 0.6 is 0 Å². The SMILES string of the molecule is CCC(NC(=O)CN(c1ccc(C)cc1)S(=O)(=O)c1ccc(F)cc1)c1ccc2c(c1)CCCC2. The summed E-state index contributed by atoms with van der Waals surface area (Å²) < 4.78 is 41.5. The summed E-state index contributed by atoms with van der Waals surface area (Å²) in [5.41, 5.74) is 5.08. The fourth-order valence-electron chi connectivity index (χ4n) is 4.52. The molecule has 0 aromatic heterocycles. The van der Waals surface area contributed by atoms with Crippen LogP contribution < -0.4 is 9.62 Å². The zero-order chi connectivity index (χ0) is 25.0. The fourth-order valence-corrected chi connectivity index (χ4v) is 5.94. The first-order valence-electron chi connectivity index (χ1n) is 12.0. The highest BCUT2D eigenvalue weighted by atomic mass is 32.2. The molecule has 0 fully saturated rings. The van der Waals surface area contributed by atoms with Gasteiger partial charge in [-0.2, -0.15) is 0 Å². The molecule has 4 rings (SSSR count). The summed E-state index contributed by atoms with van der Waals surface area (Å²) in [6, 6.07) is 17.7. The van der Waals surface area contributed by atoms with Crippen LogP contribution in [-0.4, -0.2) is 20.9 Å². The Kier molecular flexibility index (Phi) is 7.55. The Labute approximate surface area is 207 Å². The molecular weight excluding hydrogens is 463 g/mol. The minimum atomic E-state index is -4.09. The van der Waals surface area contributed by atoms with Gasteiger partial charge in [0.15, 0.2) is 0 Å². The number of halogens is 1. The van der Waals surface area contributed by atoms with Crippen LogP contribution in [0.15, 0.2) is 71.6 Å². The minimum Gasteiger partial charge on any atom is -0.348 e. The van der Waals surface area contributed by atoms with Crippen molar-refractivity contribution in [2.45, 2.75) is 56.9 Å². The molecule has 1 N–H and O–H groups in total. The Balaban J connectivity index is 1.59. The van der Waals surface area contributed by atoms with E-state index in [-0.39, 0.29) is 17.5 Å². The highest BCUT2D eigenvalue weighted by molar-refractivity contribution is 7.92. The minimum absolute atomic E-state index is 0.0750. The first kappa shape index (κ1) is 24.9. The summed E-state index contributed by atoms with van der Waals surface area (Å²) in [6.45, 7) is 3.52. The zero-order valence-corrected chi connectivity index (χ0v) is 20.9. The van der Waals surface area contributed by atoms with E-state index in [1.54, 1.807) is 24.3 Å². The van der Waals surface area contributed by atoms with Gasteiger partial charge in [0, 0.05) is 0 Å². The third-order valence-corrected chi connectivity index (χ3v) is 8.32. The molecule has 35 heavy (non-hydrogen) atoms. The quantitative estimate of drug-likeness (QED) is 0.451. The highest BCUT2D eigenvalue weighted by Crippen LogP contribution is 2.27. The topological polar surface area (TPSA) is 66.5 Å². The van der Waals surface area contributed by atoms with Gasteiger partial charge in [-0.1, -0.05) is 42.8 Å². The first-order chi connectivity index (χ1) is 16.8. The van der Waals surface area contributed by atoms with Gasteiger partial charge in [-0.3, -0.25) is 9.10 Å². The average molecular weight is 495 g/mol. The molecular formula is C28H31FN2O3S. The van der Waals surface area contributed by atoms with Gasteiger partial charge in [0.1, 0.15) is 12.4 Å². The van der Waals surface area contributed by atoms with Crippen molar-refractivity contribution in [1.29, 1.82) is 0 Å². The van der Waals surface area contributed by atoms with E-state index >= 15 is 0 Å². The number of hydrogen-bond donors (Lipinski definition) is 1. The predicted octanol–water partition coefficient (Wildman–Crippen LogP) is 5.48. The van der Waals surface area contributed by atoms with Crippen LogP contribution in [0.4, 0.5) is 10.1 Å². The second kappa shape index (κ2) is 10.6. The fraction of sp³-hybridized carbons (Fsp3) is 0.321. The number of fused-ring (bicyclic) bond motifs is 1. The lowest BCUT2D eigenvalue weighted by Gasteiger charge is -2.26. The van der Waals surface area contributed by atoms with Crippen molar-refractivity contribution in [2.24, 2.45) is 0 Å². The number of aryl methyl sites for hydroxylation is 3. The maximum absolute atomic E-state index is 13.5. The van der Waals surface area contributed by atoms with Gasteiger partial charge in [-0.15, -0.1) is 0 Å². The van der Waals surface area contributed by atoms with Crippen LogP contribution in [0.1, 0.15) is 54.5 Å². The lowest BCUT2D eigenvalue weighted by molar-refractivity contribution is -0.120. The van der Waals surface area contributed by atoms with Gasteiger partial charge in [-0.25, -0.2) is 12.8 Å². The number of rotatable bonds is 8. The summed E-state index contributed by atoms with van der Waals surface area (Å²) in [5, 5.41) is 3.03. The molecule has 0 saturated heterocycles. The van der Waals surface area contributed by atoms with Crippen molar-refractivity contribution in [3.63, 3.8) is 0 Å².